The largest absolute Gasteiger partial charge is 0.459 e. The number of aldehydes is 1. The van der Waals surface area contributed by atoms with Crippen LogP contribution in [0.4, 0.5) is 0 Å². The smallest absolute Gasteiger partial charge is 0.403 e. The third-order valence-corrected chi connectivity index (χ3v) is 5.04. The van der Waals surface area contributed by atoms with Crippen molar-refractivity contribution in [2.24, 2.45) is 0 Å². The molecule has 1 fully saturated rings. The number of carbonyl (C=O) groups excluding carboxylic acids is 1. The molecule has 114 valence electrons. The first-order valence-electron chi connectivity index (χ1n) is 7.64. The van der Waals surface area contributed by atoms with Crippen molar-refractivity contribution in [3.05, 3.63) is 35.9 Å². The van der Waals surface area contributed by atoms with Crippen LogP contribution < -0.4 is 0 Å². The monoisotopic (exact) mass is 288 g/mol. The second-order valence-electron chi connectivity index (χ2n) is 6.88. The Morgan fingerprint density at radius 3 is 2.05 bits per heavy atom. The highest BCUT2D eigenvalue weighted by molar-refractivity contribution is 6.46. The van der Waals surface area contributed by atoms with E-state index in [0.717, 1.165) is 18.3 Å². The van der Waals surface area contributed by atoms with E-state index in [1.54, 1.807) is 0 Å². The molecule has 0 bridgehead atoms. The van der Waals surface area contributed by atoms with Gasteiger partial charge in [0.25, 0.3) is 0 Å². The summed E-state index contributed by atoms with van der Waals surface area (Å²) in [7, 11) is -0.361. The van der Waals surface area contributed by atoms with E-state index in [1.807, 2.05) is 65.0 Å². The van der Waals surface area contributed by atoms with Crippen molar-refractivity contribution < 1.29 is 14.1 Å². The third kappa shape index (κ3) is 2.92. The Hall–Kier alpha value is -1.13. The van der Waals surface area contributed by atoms with Crippen molar-refractivity contribution in [3.63, 3.8) is 0 Å². The SMILES string of the molecule is CCC(C=O)(CB1OC(C)(C)C(C)(C)O1)c1ccccc1. The van der Waals surface area contributed by atoms with Gasteiger partial charge in [-0.3, -0.25) is 0 Å². The second kappa shape index (κ2) is 5.58. The maximum absolute atomic E-state index is 11.9. The van der Waals surface area contributed by atoms with E-state index in [-0.39, 0.29) is 18.3 Å². The van der Waals surface area contributed by atoms with Gasteiger partial charge in [-0.05, 0) is 46.0 Å². The van der Waals surface area contributed by atoms with Gasteiger partial charge in [0, 0.05) is 5.41 Å². The fourth-order valence-electron chi connectivity index (χ4n) is 2.78. The molecule has 4 heteroatoms. The average Bonchev–Trinajstić information content (AvgIpc) is 2.65. The van der Waals surface area contributed by atoms with Gasteiger partial charge in [-0.2, -0.15) is 0 Å². The first kappa shape index (κ1) is 16.2. The van der Waals surface area contributed by atoms with Crippen molar-refractivity contribution in [1.82, 2.24) is 0 Å². The molecule has 1 atom stereocenters. The molecule has 1 aliphatic heterocycles. The number of hydrogen-bond donors (Lipinski definition) is 0. The van der Waals surface area contributed by atoms with Gasteiger partial charge < -0.3 is 14.1 Å². The minimum absolute atomic E-state index is 0.361. The summed E-state index contributed by atoms with van der Waals surface area (Å²) < 4.78 is 12.1. The summed E-state index contributed by atoms with van der Waals surface area (Å²) in [5.74, 6) is 0. The molecule has 0 radical (unpaired) electrons. The average molecular weight is 288 g/mol. The molecule has 1 unspecified atom stereocenters. The lowest BCUT2D eigenvalue weighted by Gasteiger charge is -2.32. The number of carbonyl (C=O) groups is 1. The fourth-order valence-corrected chi connectivity index (χ4v) is 2.78. The van der Waals surface area contributed by atoms with E-state index in [4.69, 9.17) is 9.31 Å². The molecule has 0 spiro atoms. The van der Waals surface area contributed by atoms with Gasteiger partial charge in [-0.1, -0.05) is 37.3 Å². The molecule has 1 aromatic rings. The van der Waals surface area contributed by atoms with Gasteiger partial charge >= 0.3 is 7.12 Å². The van der Waals surface area contributed by atoms with Crippen molar-refractivity contribution in [3.8, 4) is 0 Å². The first-order valence-corrected chi connectivity index (χ1v) is 7.64. The number of benzene rings is 1. The predicted molar refractivity (Wildman–Crippen MR) is 85.4 cm³/mol. The quantitative estimate of drug-likeness (QED) is 0.613. The van der Waals surface area contributed by atoms with Gasteiger partial charge in [0.15, 0.2) is 0 Å². The highest BCUT2D eigenvalue weighted by Gasteiger charge is 2.53. The lowest BCUT2D eigenvalue weighted by Crippen LogP contribution is -2.41. The van der Waals surface area contributed by atoms with Crippen LogP contribution >= 0.6 is 0 Å². The summed E-state index contributed by atoms with van der Waals surface area (Å²) >= 11 is 0. The van der Waals surface area contributed by atoms with Crippen LogP contribution in [0.5, 0.6) is 0 Å². The van der Waals surface area contributed by atoms with E-state index >= 15 is 0 Å². The van der Waals surface area contributed by atoms with E-state index < -0.39 is 5.41 Å². The van der Waals surface area contributed by atoms with Gasteiger partial charge in [0.2, 0.25) is 0 Å². The molecule has 0 aromatic heterocycles. The molecule has 3 nitrogen and oxygen atoms in total. The molecule has 1 heterocycles. The van der Waals surface area contributed by atoms with Crippen LogP contribution in [0.3, 0.4) is 0 Å². The number of rotatable bonds is 5. The van der Waals surface area contributed by atoms with Crippen molar-refractivity contribution in [2.75, 3.05) is 0 Å². The molecule has 21 heavy (non-hydrogen) atoms. The zero-order valence-corrected chi connectivity index (χ0v) is 13.7. The third-order valence-electron chi connectivity index (χ3n) is 5.04. The topological polar surface area (TPSA) is 35.5 Å². The van der Waals surface area contributed by atoms with Gasteiger partial charge in [-0.15, -0.1) is 0 Å². The number of hydrogen-bond acceptors (Lipinski definition) is 3. The van der Waals surface area contributed by atoms with Gasteiger partial charge in [0.05, 0.1) is 11.2 Å². The highest BCUT2D eigenvalue weighted by atomic mass is 16.7. The molecular formula is C17H25BO3. The Morgan fingerprint density at radius 1 is 1.10 bits per heavy atom. The summed E-state index contributed by atoms with van der Waals surface area (Å²) in [6, 6.07) is 9.90. The van der Waals surface area contributed by atoms with Crippen LogP contribution in [0.1, 0.15) is 46.6 Å². The first-order chi connectivity index (χ1) is 9.76. The van der Waals surface area contributed by atoms with Crippen LogP contribution in [0, 0.1) is 0 Å². The summed E-state index contributed by atoms with van der Waals surface area (Å²) in [6.07, 6.45) is 2.32. The van der Waals surface area contributed by atoms with E-state index in [0.29, 0.717) is 6.32 Å². The van der Waals surface area contributed by atoms with Crippen molar-refractivity contribution in [1.29, 1.82) is 0 Å². The van der Waals surface area contributed by atoms with Crippen LogP contribution in [0.25, 0.3) is 0 Å². The van der Waals surface area contributed by atoms with Gasteiger partial charge in [-0.25, -0.2) is 0 Å². The summed E-state index contributed by atoms with van der Waals surface area (Å²) in [4.78, 5) is 11.9. The molecule has 1 saturated heterocycles. The van der Waals surface area contributed by atoms with Crippen LogP contribution in [0.15, 0.2) is 30.3 Å². The Morgan fingerprint density at radius 2 is 1.62 bits per heavy atom. The maximum Gasteiger partial charge on any atom is 0.459 e. The molecular weight excluding hydrogens is 263 g/mol. The maximum atomic E-state index is 11.9. The zero-order valence-electron chi connectivity index (χ0n) is 13.7. The van der Waals surface area contributed by atoms with Crippen LogP contribution in [-0.4, -0.2) is 24.6 Å². The standard InChI is InChI=1S/C17H25BO3/c1-6-17(13-19,14-10-8-7-9-11-14)12-18-20-15(2,3)16(4,5)21-18/h7-11,13H,6,12H2,1-5H3. The van der Waals surface area contributed by atoms with E-state index in [1.165, 1.54) is 0 Å². The Bertz CT molecular complexity index is 482. The second-order valence-corrected chi connectivity index (χ2v) is 6.88. The lowest BCUT2D eigenvalue weighted by atomic mass is 9.64. The van der Waals surface area contributed by atoms with E-state index in [9.17, 15) is 4.79 Å². The predicted octanol–water partition coefficient (Wildman–Crippen LogP) is 3.63. The summed E-state index contributed by atoms with van der Waals surface area (Å²) in [5.41, 5.74) is -0.257. The Balaban J connectivity index is 2.25. The molecule has 1 aromatic carbocycles. The summed E-state index contributed by atoms with van der Waals surface area (Å²) in [6.45, 7) is 10.2. The molecule has 2 rings (SSSR count). The summed E-state index contributed by atoms with van der Waals surface area (Å²) in [5, 5.41) is 0. The zero-order chi connectivity index (χ0) is 15.7. The van der Waals surface area contributed by atoms with Crippen molar-refractivity contribution in [2.45, 2.75) is 64.0 Å². The van der Waals surface area contributed by atoms with Gasteiger partial charge in [0.1, 0.15) is 6.29 Å². The minimum Gasteiger partial charge on any atom is -0.403 e. The molecule has 0 amide bonds. The Labute approximate surface area is 128 Å². The van der Waals surface area contributed by atoms with Crippen molar-refractivity contribution >= 4 is 13.4 Å². The minimum atomic E-state index is -0.553. The Kier molecular flexibility index (Phi) is 4.32. The lowest BCUT2D eigenvalue weighted by molar-refractivity contribution is -0.112. The molecule has 0 aliphatic carbocycles. The normalized spacial score (nSPS) is 22.8. The van der Waals surface area contributed by atoms with E-state index in [2.05, 4.69) is 0 Å². The fraction of sp³-hybridized carbons (Fsp3) is 0.588. The molecule has 0 N–H and O–H groups in total. The molecule has 1 aliphatic rings. The van der Waals surface area contributed by atoms with Crippen LogP contribution in [-0.2, 0) is 19.5 Å². The highest BCUT2D eigenvalue weighted by Crippen LogP contribution is 2.41. The van der Waals surface area contributed by atoms with Crippen LogP contribution in [0.2, 0.25) is 6.32 Å². The molecule has 0 saturated carbocycles.